The number of carboxylic acids is 1. The van der Waals surface area contributed by atoms with Gasteiger partial charge in [0.15, 0.2) is 6.10 Å². The molecule has 2 unspecified atom stereocenters. The maximum Gasteiger partial charge on any atom is 0.334 e. The molecule has 0 radical (unpaired) electrons. The molecular weight excluding hydrogens is 186 g/mol. The number of aliphatic hydroxyl groups is 1. The minimum atomic E-state index is -1.51. The van der Waals surface area contributed by atoms with E-state index in [1.54, 1.807) is 0 Å². The molecule has 80 valence electrons. The van der Waals surface area contributed by atoms with Gasteiger partial charge in [0.25, 0.3) is 0 Å². The van der Waals surface area contributed by atoms with E-state index in [-0.39, 0.29) is 18.4 Å². The molecule has 1 aliphatic carbocycles. The highest BCUT2D eigenvalue weighted by molar-refractivity contribution is 5.80. The fraction of sp³-hybridized carbons (Fsp3) is 0.778. The fourth-order valence-electron chi connectivity index (χ4n) is 1.26. The average Bonchev–Trinajstić information content (AvgIpc) is 2.95. The predicted octanol–water partition coefficient (Wildman–Crippen LogP) is -0.406. The van der Waals surface area contributed by atoms with E-state index in [1.807, 2.05) is 6.92 Å². The molecule has 0 bridgehead atoms. The van der Waals surface area contributed by atoms with Gasteiger partial charge in [-0.1, -0.05) is 6.92 Å². The summed E-state index contributed by atoms with van der Waals surface area (Å²) >= 11 is 0. The van der Waals surface area contributed by atoms with Crippen molar-refractivity contribution in [1.29, 1.82) is 0 Å². The molecule has 1 fully saturated rings. The van der Waals surface area contributed by atoms with Crippen molar-refractivity contribution in [2.75, 3.05) is 6.54 Å². The summed E-state index contributed by atoms with van der Waals surface area (Å²) in [7, 11) is 0. The monoisotopic (exact) mass is 201 g/mol. The Hall–Kier alpha value is -1.10. The standard InChI is InChI=1S/C9H15NO4/c1-5(6-2-3-6)8(12)10-4-7(11)9(13)14/h5-7,11H,2-4H2,1H3,(H,10,12)(H,13,14). The molecule has 0 saturated heterocycles. The van der Waals surface area contributed by atoms with Gasteiger partial charge in [0.1, 0.15) is 0 Å². The zero-order valence-electron chi connectivity index (χ0n) is 8.06. The average molecular weight is 201 g/mol. The van der Waals surface area contributed by atoms with Crippen LogP contribution in [0.1, 0.15) is 19.8 Å². The Morgan fingerprint density at radius 1 is 1.50 bits per heavy atom. The topological polar surface area (TPSA) is 86.6 Å². The van der Waals surface area contributed by atoms with Crippen LogP contribution in [0.3, 0.4) is 0 Å². The fourth-order valence-corrected chi connectivity index (χ4v) is 1.26. The number of carbonyl (C=O) groups excluding carboxylic acids is 1. The number of nitrogens with one attached hydrogen (secondary N) is 1. The van der Waals surface area contributed by atoms with Crippen molar-refractivity contribution in [2.45, 2.75) is 25.9 Å². The number of aliphatic carboxylic acids is 1. The third-order valence-electron chi connectivity index (χ3n) is 2.50. The molecule has 1 rings (SSSR count). The summed E-state index contributed by atoms with van der Waals surface area (Å²) in [5.41, 5.74) is 0. The molecule has 0 heterocycles. The molecule has 14 heavy (non-hydrogen) atoms. The van der Waals surface area contributed by atoms with Crippen molar-refractivity contribution >= 4 is 11.9 Å². The number of rotatable bonds is 5. The van der Waals surface area contributed by atoms with Crippen molar-refractivity contribution in [3.8, 4) is 0 Å². The van der Waals surface area contributed by atoms with Gasteiger partial charge in [-0.2, -0.15) is 0 Å². The van der Waals surface area contributed by atoms with E-state index < -0.39 is 12.1 Å². The van der Waals surface area contributed by atoms with E-state index in [0.29, 0.717) is 5.92 Å². The number of hydrogen-bond donors (Lipinski definition) is 3. The Morgan fingerprint density at radius 3 is 2.50 bits per heavy atom. The molecule has 0 aromatic rings. The quantitative estimate of drug-likeness (QED) is 0.564. The van der Waals surface area contributed by atoms with Crippen LogP contribution in [0.4, 0.5) is 0 Å². The van der Waals surface area contributed by atoms with Gasteiger partial charge >= 0.3 is 5.97 Å². The normalized spacial score (nSPS) is 19.9. The van der Waals surface area contributed by atoms with E-state index >= 15 is 0 Å². The second-order valence-corrected chi connectivity index (χ2v) is 3.73. The lowest BCUT2D eigenvalue weighted by Gasteiger charge is -2.12. The first kappa shape index (κ1) is 11.0. The third kappa shape index (κ3) is 2.99. The Kier molecular flexibility index (Phi) is 3.46. The lowest BCUT2D eigenvalue weighted by atomic mass is 10.1. The van der Waals surface area contributed by atoms with Gasteiger partial charge in [-0.05, 0) is 18.8 Å². The zero-order chi connectivity index (χ0) is 10.7. The van der Waals surface area contributed by atoms with Gasteiger partial charge in [0.2, 0.25) is 5.91 Å². The minimum absolute atomic E-state index is 0.0732. The molecule has 5 heteroatoms. The van der Waals surface area contributed by atoms with E-state index in [9.17, 15) is 9.59 Å². The van der Waals surface area contributed by atoms with Crippen molar-refractivity contribution in [1.82, 2.24) is 5.32 Å². The van der Waals surface area contributed by atoms with Gasteiger partial charge < -0.3 is 15.5 Å². The van der Waals surface area contributed by atoms with Crippen LogP contribution in [0, 0.1) is 11.8 Å². The van der Waals surface area contributed by atoms with Crippen LogP contribution < -0.4 is 5.32 Å². The van der Waals surface area contributed by atoms with Gasteiger partial charge in [-0.15, -0.1) is 0 Å². The maximum atomic E-state index is 11.3. The maximum absolute atomic E-state index is 11.3. The largest absolute Gasteiger partial charge is 0.479 e. The summed E-state index contributed by atoms with van der Waals surface area (Å²) in [6.45, 7) is 1.60. The van der Waals surface area contributed by atoms with Gasteiger partial charge in [0, 0.05) is 5.92 Å². The Bertz CT molecular complexity index is 237. The van der Waals surface area contributed by atoms with E-state index in [4.69, 9.17) is 10.2 Å². The Labute approximate surface area is 82.1 Å². The van der Waals surface area contributed by atoms with Crippen molar-refractivity contribution in [2.24, 2.45) is 11.8 Å². The summed E-state index contributed by atoms with van der Waals surface area (Å²) in [6.07, 6.45) is 0.622. The summed E-state index contributed by atoms with van der Waals surface area (Å²) in [5, 5.41) is 19.7. The molecular formula is C9H15NO4. The van der Waals surface area contributed by atoms with Crippen molar-refractivity contribution in [3.05, 3.63) is 0 Å². The van der Waals surface area contributed by atoms with Crippen molar-refractivity contribution < 1.29 is 19.8 Å². The second-order valence-electron chi connectivity index (χ2n) is 3.73. The summed E-state index contributed by atoms with van der Waals surface area (Å²) < 4.78 is 0. The summed E-state index contributed by atoms with van der Waals surface area (Å²) in [5.74, 6) is -1.12. The van der Waals surface area contributed by atoms with Crippen LogP contribution in [-0.2, 0) is 9.59 Å². The smallest absolute Gasteiger partial charge is 0.334 e. The van der Waals surface area contributed by atoms with Crippen LogP contribution in [0.5, 0.6) is 0 Å². The molecule has 1 amide bonds. The first-order valence-electron chi connectivity index (χ1n) is 4.71. The van der Waals surface area contributed by atoms with E-state index in [1.165, 1.54) is 0 Å². The Morgan fingerprint density at radius 2 is 2.07 bits per heavy atom. The second kappa shape index (κ2) is 4.41. The number of carboxylic acid groups (broad SMARTS) is 1. The molecule has 0 aromatic heterocycles. The highest BCUT2D eigenvalue weighted by Crippen LogP contribution is 2.36. The zero-order valence-corrected chi connectivity index (χ0v) is 8.06. The molecule has 3 N–H and O–H groups in total. The molecule has 1 saturated carbocycles. The Balaban J connectivity index is 2.23. The molecule has 5 nitrogen and oxygen atoms in total. The lowest BCUT2D eigenvalue weighted by Crippen LogP contribution is -2.39. The molecule has 2 atom stereocenters. The molecule has 0 spiro atoms. The van der Waals surface area contributed by atoms with Gasteiger partial charge in [0.05, 0.1) is 6.54 Å². The number of aliphatic hydroxyl groups excluding tert-OH is 1. The van der Waals surface area contributed by atoms with Crippen LogP contribution >= 0.6 is 0 Å². The summed E-state index contributed by atoms with van der Waals surface area (Å²) in [6, 6.07) is 0. The molecule has 0 aromatic carbocycles. The first-order chi connectivity index (χ1) is 6.52. The SMILES string of the molecule is CC(C(=O)NCC(O)C(=O)O)C1CC1. The lowest BCUT2D eigenvalue weighted by molar-refractivity contribution is -0.146. The van der Waals surface area contributed by atoms with Crippen molar-refractivity contribution in [3.63, 3.8) is 0 Å². The highest BCUT2D eigenvalue weighted by atomic mass is 16.4. The van der Waals surface area contributed by atoms with Gasteiger partial charge in [-0.3, -0.25) is 4.79 Å². The van der Waals surface area contributed by atoms with Crippen LogP contribution in [-0.4, -0.2) is 34.7 Å². The first-order valence-corrected chi connectivity index (χ1v) is 4.71. The van der Waals surface area contributed by atoms with Crippen LogP contribution in [0.15, 0.2) is 0 Å². The van der Waals surface area contributed by atoms with Gasteiger partial charge in [-0.25, -0.2) is 4.79 Å². The number of amides is 1. The molecule has 0 aliphatic heterocycles. The predicted molar refractivity (Wildman–Crippen MR) is 48.5 cm³/mol. The number of carbonyl (C=O) groups is 2. The third-order valence-corrected chi connectivity index (χ3v) is 2.50. The molecule has 1 aliphatic rings. The minimum Gasteiger partial charge on any atom is -0.479 e. The summed E-state index contributed by atoms with van der Waals surface area (Å²) in [4.78, 5) is 21.6. The highest BCUT2D eigenvalue weighted by Gasteiger charge is 2.32. The van der Waals surface area contributed by atoms with E-state index in [0.717, 1.165) is 12.8 Å². The van der Waals surface area contributed by atoms with Crippen LogP contribution in [0.25, 0.3) is 0 Å². The van der Waals surface area contributed by atoms with Crippen LogP contribution in [0.2, 0.25) is 0 Å². The number of hydrogen-bond acceptors (Lipinski definition) is 3. The van der Waals surface area contributed by atoms with E-state index in [2.05, 4.69) is 5.32 Å².